The summed E-state index contributed by atoms with van der Waals surface area (Å²) in [7, 11) is 2.77. The van der Waals surface area contributed by atoms with Crippen molar-refractivity contribution >= 4 is 45.8 Å². The molecule has 14 heteroatoms. The zero-order valence-electron chi connectivity index (χ0n) is 33.6. The van der Waals surface area contributed by atoms with Gasteiger partial charge in [-0.25, -0.2) is 19.6 Å². The molecule has 58 heavy (non-hydrogen) atoms. The van der Waals surface area contributed by atoms with Crippen molar-refractivity contribution in [2.24, 2.45) is 23.7 Å². The number of nitrogens with zero attached hydrogens (tertiary/aromatic N) is 5. The number of imidazole rings is 2. The lowest BCUT2D eigenvalue weighted by atomic mass is 9.99. The van der Waals surface area contributed by atoms with Crippen molar-refractivity contribution in [2.45, 2.75) is 89.6 Å². The van der Waals surface area contributed by atoms with Crippen LogP contribution in [0.4, 0.5) is 9.59 Å². The van der Waals surface area contributed by atoms with E-state index in [9.17, 15) is 24.3 Å². The molecule has 4 amide bonds. The number of hydrogen-bond donors (Lipinski definition) is 4. The second kappa shape index (κ2) is 14.2. The fourth-order valence-electron chi connectivity index (χ4n) is 9.68. The van der Waals surface area contributed by atoms with Crippen molar-refractivity contribution < 1.29 is 29.0 Å². The third-order valence-corrected chi connectivity index (χ3v) is 12.9. The first-order valence-corrected chi connectivity index (χ1v) is 20.3. The van der Waals surface area contributed by atoms with Crippen molar-refractivity contribution in [1.29, 1.82) is 0 Å². The van der Waals surface area contributed by atoms with Crippen molar-refractivity contribution in [1.82, 2.24) is 40.0 Å². The van der Waals surface area contributed by atoms with Gasteiger partial charge in [-0.15, -0.1) is 0 Å². The molecule has 0 unspecified atom stereocenters. The summed E-state index contributed by atoms with van der Waals surface area (Å²) in [5, 5.41) is 14.6. The molecule has 302 valence electrons. The maximum absolute atomic E-state index is 13.9. The number of nitrogens with one attached hydrogen (secondary N) is 3. The fraction of sp³-hybridized carbons (Fsp3) is 0.455. The summed E-state index contributed by atoms with van der Waals surface area (Å²) in [6, 6.07) is 17.3. The predicted molar refractivity (Wildman–Crippen MR) is 217 cm³/mol. The Bertz CT molecular complexity index is 2460. The molecular formula is C44H50N8O6. The van der Waals surface area contributed by atoms with Gasteiger partial charge in [-0.05, 0) is 95.5 Å². The third-order valence-electron chi connectivity index (χ3n) is 12.9. The highest BCUT2D eigenvalue weighted by Crippen LogP contribution is 2.54. The van der Waals surface area contributed by atoms with Crippen LogP contribution in [0.3, 0.4) is 0 Å². The lowest BCUT2D eigenvalue weighted by Crippen LogP contribution is -2.52. The summed E-state index contributed by atoms with van der Waals surface area (Å²) in [5.74, 6) is 1.81. The van der Waals surface area contributed by atoms with Gasteiger partial charge in [0.1, 0.15) is 23.7 Å². The summed E-state index contributed by atoms with van der Waals surface area (Å²) < 4.78 is 4.80. The summed E-state index contributed by atoms with van der Waals surface area (Å²) in [6.07, 6.45) is 3.67. The standard InChI is InChI=1S/C44H50N8O6/c1-21(2)37(49-43(55)58-6)41(53)51-33-16-28(33)18-35(51)39-45-20-32(48-39)27-10-9-23-13-24(7-8-25(23)14-27)26-11-12-30-31(15-26)47-40(46-30)36-19-29-17-34(29)52(36)42(54)38(22(3)4)50(5)44(56)57/h7-15,20-22,28-29,33-38H,16-19H2,1-6H3,(H,45,48)(H,46,47)(H,49,55)(H,56,57)/t28-,29+,33+,34+,35-,36-,37-,38-/m0/s1. The van der Waals surface area contributed by atoms with Gasteiger partial charge in [0, 0.05) is 24.7 Å². The number of amides is 4. The highest BCUT2D eigenvalue weighted by molar-refractivity contribution is 5.92. The van der Waals surface area contributed by atoms with Crippen LogP contribution in [-0.4, -0.2) is 102 Å². The van der Waals surface area contributed by atoms with Crippen LogP contribution in [0, 0.1) is 23.7 Å². The molecule has 14 nitrogen and oxygen atoms in total. The van der Waals surface area contributed by atoms with Gasteiger partial charge in [0.2, 0.25) is 11.8 Å². The van der Waals surface area contributed by atoms with Crippen molar-refractivity contribution in [3.8, 4) is 22.4 Å². The van der Waals surface area contributed by atoms with Gasteiger partial charge < -0.3 is 34.9 Å². The number of hydrogen-bond acceptors (Lipinski definition) is 7. The number of likely N-dealkylation sites (tertiary alicyclic amines) is 2. The molecule has 2 saturated heterocycles. The minimum atomic E-state index is -1.11. The number of benzene rings is 3. The van der Waals surface area contributed by atoms with Crippen LogP contribution >= 0.6 is 0 Å². The van der Waals surface area contributed by atoms with E-state index in [1.165, 1.54) is 14.2 Å². The van der Waals surface area contributed by atoms with Crippen LogP contribution in [-0.2, 0) is 14.3 Å². The molecule has 4 heterocycles. The van der Waals surface area contributed by atoms with Crippen LogP contribution < -0.4 is 5.32 Å². The van der Waals surface area contributed by atoms with Crippen LogP contribution in [0.15, 0.2) is 60.8 Å². The number of methoxy groups -OCH3 is 1. The second-order valence-electron chi connectivity index (χ2n) is 17.4. The number of H-pyrrole nitrogens is 2. The van der Waals surface area contributed by atoms with Gasteiger partial charge in [0.15, 0.2) is 0 Å². The number of aromatic amines is 2. The van der Waals surface area contributed by atoms with E-state index in [4.69, 9.17) is 14.7 Å². The Morgan fingerprint density at radius 3 is 2.03 bits per heavy atom. The number of carbonyl (C=O) groups is 4. The first-order valence-electron chi connectivity index (χ1n) is 20.3. The molecule has 4 fully saturated rings. The van der Waals surface area contributed by atoms with Gasteiger partial charge in [-0.1, -0.05) is 58.0 Å². The van der Waals surface area contributed by atoms with Gasteiger partial charge in [0.05, 0.1) is 42.1 Å². The van der Waals surface area contributed by atoms with Crippen LogP contribution in [0.5, 0.6) is 0 Å². The summed E-state index contributed by atoms with van der Waals surface area (Å²) in [4.78, 5) is 73.4. The fourth-order valence-corrected chi connectivity index (χ4v) is 9.68. The van der Waals surface area contributed by atoms with Crippen LogP contribution in [0.2, 0.25) is 0 Å². The minimum Gasteiger partial charge on any atom is -0.465 e. The number of carbonyl (C=O) groups excluding carboxylic acids is 3. The summed E-state index contributed by atoms with van der Waals surface area (Å²) >= 11 is 0. The predicted octanol–water partition coefficient (Wildman–Crippen LogP) is 7.11. The van der Waals surface area contributed by atoms with E-state index in [1.54, 1.807) is 0 Å². The number of fused-ring (bicyclic) bond motifs is 4. The average Bonchev–Trinajstić information content (AvgIpc) is 3.83. The Balaban J connectivity index is 0.928. The molecule has 0 spiro atoms. The summed E-state index contributed by atoms with van der Waals surface area (Å²) in [5.41, 5.74) is 5.66. The highest BCUT2D eigenvalue weighted by atomic mass is 16.5. The highest BCUT2D eigenvalue weighted by Gasteiger charge is 2.57. The maximum atomic E-state index is 13.9. The van der Waals surface area contributed by atoms with E-state index in [0.717, 1.165) is 86.4 Å². The molecule has 0 bridgehead atoms. The minimum absolute atomic E-state index is 0.104. The number of rotatable bonds is 10. The van der Waals surface area contributed by atoms with E-state index >= 15 is 0 Å². The Kier molecular flexibility index (Phi) is 9.20. The van der Waals surface area contributed by atoms with Crippen molar-refractivity contribution in [3.63, 3.8) is 0 Å². The van der Waals surface area contributed by atoms with E-state index in [1.807, 2.05) is 49.8 Å². The molecule has 4 N–H and O–H groups in total. The molecule has 8 atom stereocenters. The van der Waals surface area contributed by atoms with E-state index in [-0.39, 0.29) is 47.8 Å². The lowest BCUT2D eigenvalue weighted by molar-refractivity contribution is -0.140. The average molecular weight is 787 g/mol. The number of ether oxygens (including phenoxy) is 1. The number of piperidine rings is 2. The Hall–Kier alpha value is -5.92. The van der Waals surface area contributed by atoms with E-state index < -0.39 is 24.3 Å². The van der Waals surface area contributed by atoms with Gasteiger partial charge >= 0.3 is 12.2 Å². The summed E-state index contributed by atoms with van der Waals surface area (Å²) in [6.45, 7) is 7.61. The van der Waals surface area contributed by atoms with Crippen LogP contribution in [0.1, 0.15) is 77.1 Å². The molecule has 2 aliphatic carbocycles. The molecule has 9 rings (SSSR count). The molecule has 2 saturated carbocycles. The first kappa shape index (κ1) is 37.6. The smallest absolute Gasteiger partial charge is 0.407 e. The van der Waals surface area contributed by atoms with Crippen LogP contribution in [0.25, 0.3) is 44.2 Å². The van der Waals surface area contributed by atoms with E-state index in [0.29, 0.717) is 11.8 Å². The monoisotopic (exact) mass is 786 g/mol. The molecule has 4 aliphatic rings. The number of carboxylic acid groups (broad SMARTS) is 1. The largest absolute Gasteiger partial charge is 0.465 e. The zero-order valence-corrected chi connectivity index (χ0v) is 33.6. The second-order valence-corrected chi connectivity index (χ2v) is 17.4. The molecule has 0 radical (unpaired) electrons. The van der Waals surface area contributed by atoms with Crippen molar-refractivity contribution in [3.05, 3.63) is 72.4 Å². The Labute approximate surface area is 336 Å². The molecule has 2 aliphatic heterocycles. The Morgan fingerprint density at radius 2 is 1.40 bits per heavy atom. The van der Waals surface area contributed by atoms with Gasteiger partial charge in [-0.2, -0.15) is 0 Å². The number of likely N-dealkylation sites (N-methyl/N-ethyl adjacent to an activating group) is 1. The quantitative estimate of drug-likeness (QED) is 0.116. The SMILES string of the molecule is COC(=O)N[C@H](C(=O)N1[C@@H]2C[C@H]2C[C@H]1c1ncc(-c2ccc3cc(-c4ccc5nc([C@@H]6C[C@H]7C[C@H]7N6C(=O)[C@H](C(C)C)N(C)C(=O)O)[nH]c5c4)ccc3c2)[nH]1)C(C)C. The normalized spacial score (nSPS) is 24.2. The molecule has 2 aromatic heterocycles. The molecular weight excluding hydrogens is 737 g/mol. The zero-order chi connectivity index (χ0) is 40.7. The van der Waals surface area contributed by atoms with Gasteiger partial charge in [-0.3, -0.25) is 14.5 Å². The van der Waals surface area contributed by atoms with E-state index in [2.05, 4.69) is 63.8 Å². The third kappa shape index (κ3) is 6.51. The first-order chi connectivity index (χ1) is 27.8. The van der Waals surface area contributed by atoms with Crippen molar-refractivity contribution in [2.75, 3.05) is 14.2 Å². The number of alkyl carbamates (subject to hydrolysis) is 1. The Morgan fingerprint density at radius 1 is 0.793 bits per heavy atom. The topological polar surface area (TPSA) is 177 Å². The number of aromatic nitrogens is 4. The molecule has 3 aromatic carbocycles. The lowest BCUT2D eigenvalue weighted by Gasteiger charge is -2.35. The van der Waals surface area contributed by atoms with Gasteiger partial charge in [0.25, 0.3) is 0 Å². The maximum Gasteiger partial charge on any atom is 0.407 e. The molecule has 5 aromatic rings.